The zero-order valence-corrected chi connectivity index (χ0v) is 7.32. The Morgan fingerprint density at radius 2 is 2.50 bits per heavy atom. The van der Waals surface area contributed by atoms with Gasteiger partial charge in [-0.3, -0.25) is 4.79 Å². The Bertz CT molecular complexity index is 189. The standard InChI is InChI=1S/C9H15NO2/c1-2-12-9(11)7-5-3-4-6-8(7)10/h4,6-8H,2-3,5,10H2,1H3/t7-,8+/m0/s1. The second-order valence-electron chi connectivity index (χ2n) is 2.94. The maximum Gasteiger partial charge on any atom is 0.310 e. The van der Waals surface area contributed by atoms with E-state index in [4.69, 9.17) is 10.5 Å². The van der Waals surface area contributed by atoms with Crippen LogP contribution in [0.3, 0.4) is 0 Å². The maximum absolute atomic E-state index is 11.3. The molecule has 0 fully saturated rings. The highest BCUT2D eigenvalue weighted by Gasteiger charge is 2.26. The van der Waals surface area contributed by atoms with Gasteiger partial charge in [0.25, 0.3) is 0 Å². The molecule has 1 aliphatic carbocycles. The van der Waals surface area contributed by atoms with Crippen LogP contribution in [0.1, 0.15) is 19.8 Å². The van der Waals surface area contributed by atoms with Crippen LogP contribution in [0.5, 0.6) is 0 Å². The predicted molar refractivity (Wildman–Crippen MR) is 46.5 cm³/mol. The van der Waals surface area contributed by atoms with E-state index >= 15 is 0 Å². The predicted octanol–water partition coefficient (Wildman–Crippen LogP) is 0.843. The fraction of sp³-hybridized carbons (Fsp3) is 0.667. The topological polar surface area (TPSA) is 52.3 Å². The van der Waals surface area contributed by atoms with E-state index < -0.39 is 0 Å². The fourth-order valence-electron chi connectivity index (χ4n) is 1.38. The van der Waals surface area contributed by atoms with Crippen molar-refractivity contribution in [3.05, 3.63) is 12.2 Å². The summed E-state index contributed by atoms with van der Waals surface area (Å²) in [7, 11) is 0. The van der Waals surface area contributed by atoms with E-state index in [9.17, 15) is 4.79 Å². The summed E-state index contributed by atoms with van der Waals surface area (Å²) in [6, 6.07) is -0.155. The Hall–Kier alpha value is -0.830. The van der Waals surface area contributed by atoms with Crippen molar-refractivity contribution in [2.45, 2.75) is 25.8 Å². The third kappa shape index (κ3) is 2.08. The highest BCUT2D eigenvalue weighted by Crippen LogP contribution is 2.18. The first-order chi connectivity index (χ1) is 5.75. The number of carbonyl (C=O) groups is 1. The monoisotopic (exact) mass is 169 g/mol. The Morgan fingerprint density at radius 1 is 1.75 bits per heavy atom. The van der Waals surface area contributed by atoms with Gasteiger partial charge in [0.05, 0.1) is 12.5 Å². The van der Waals surface area contributed by atoms with E-state index in [2.05, 4.69) is 0 Å². The van der Waals surface area contributed by atoms with Crippen molar-refractivity contribution < 1.29 is 9.53 Å². The molecule has 0 radical (unpaired) electrons. The van der Waals surface area contributed by atoms with Crippen molar-refractivity contribution in [3.63, 3.8) is 0 Å². The molecule has 0 amide bonds. The van der Waals surface area contributed by atoms with Gasteiger partial charge in [-0.1, -0.05) is 12.2 Å². The largest absolute Gasteiger partial charge is 0.466 e. The zero-order valence-electron chi connectivity index (χ0n) is 7.32. The summed E-state index contributed by atoms with van der Waals surface area (Å²) in [6.07, 6.45) is 5.64. The molecule has 12 heavy (non-hydrogen) atoms. The van der Waals surface area contributed by atoms with Gasteiger partial charge in [-0.15, -0.1) is 0 Å². The van der Waals surface area contributed by atoms with Crippen molar-refractivity contribution in [2.75, 3.05) is 6.61 Å². The van der Waals surface area contributed by atoms with Gasteiger partial charge in [0, 0.05) is 6.04 Å². The van der Waals surface area contributed by atoms with E-state index in [-0.39, 0.29) is 17.9 Å². The van der Waals surface area contributed by atoms with Crippen molar-refractivity contribution >= 4 is 5.97 Å². The lowest BCUT2D eigenvalue weighted by molar-refractivity contribution is -0.148. The lowest BCUT2D eigenvalue weighted by atomic mass is 9.90. The molecule has 0 heterocycles. The molecule has 0 spiro atoms. The Kier molecular flexibility index (Phi) is 3.29. The minimum Gasteiger partial charge on any atom is -0.466 e. The number of rotatable bonds is 2. The zero-order chi connectivity index (χ0) is 8.97. The van der Waals surface area contributed by atoms with Crippen LogP contribution in [0.4, 0.5) is 0 Å². The third-order valence-corrected chi connectivity index (χ3v) is 2.06. The molecule has 0 bridgehead atoms. The summed E-state index contributed by atoms with van der Waals surface area (Å²) in [5.74, 6) is -0.288. The number of hydrogen-bond donors (Lipinski definition) is 1. The minimum absolute atomic E-state index is 0.130. The van der Waals surface area contributed by atoms with Crippen molar-refractivity contribution in [1.29, 1.82) is 0 Å². The molecule has 2 N–H and O–H groups in total. The van der Waals surface area contributed by atoms with E-state index in [1.54, 1.807) is 0 Å². The van der Waals surface area contributed by atoms with Crippen LogP contribution >= 0.6 is 0 Å². The van der Waals surface area contributed by atoms with Gasteiger partial charge >= 0.3 is 5.97 Å². The van der Waals surface area contributed by atoms with Crippen LogP contribution in [0.15, 0.2) is 12.2 Å². The summed E-state index contributed by atoms with van der Waals surface area (Å²) in [5.41, 5.74) is 5.72. The summed E-state index contributed by atoms with van der Waals surface area (Å²) >= 11 is 0. The third-order valence-electron chi connectivity index (χ3n) is 2.06. The fourth-order valence-corrected chi connectivity index (χ4v) is 1.38. The summed E-state index contributed by atoms with van der Waals surface area (Å²) in [6.45, 7) is 2.24. The Morgan fingerprint density at radius 3 is 3.08 bits per heavy atom. The highest BCUT2D eigenvalue weighted by molar-refractivity contribution is 5.73. The summed E-state index contributed by atoms with van der Waals surface area (Å²) in [4.78, 5) is 11.3. The number of carbonyl (C=O) groups excluding carboxylic acids is 1. The second-order valence-corrected chi connectivity index (χ2v) is 2.94. The minimum atomic E-state index is -0.158. The van der Waals surface area contributed by atoms with Gasteiger partial charge in [-0.05, 0) is 19.8 Å². The average Bonchev–Trinajstić information content (AvgIpc) is 2.05. The van der Waals surface area contributed by atoms with Gasteiger partial charge in [-0.25, -0.2) is 0 Å². The average molecular weight is 169 g/mol. The molecule has 3 nitrogen and oxygen atoms in total. The van der Waals surface area contributed by atoms with E-state index in [1.807, 2.05) is 19.1 Å². The lowest BCUT2D eigenvalue weighted by Crippen LogP contribution is -2.36. The van der Waals surface area contributed by atoms with Gasteiger partial charge in [0.15, 0.2) is 0 Å². The van der Waals surface area contributed by atoms with E-state index in [0.717, 1.165) is 12.8 Å². The molecule has 0 saturated carbocycles. The van der Waals surface area contributed by atoms with Crippen molar-refractivity contribution in [1.82, 2.24) is 0 Å². The first kappa shape index (κ1) is 9.26. The van der Waals surface area contributed by atoms with Crippen LogP contribution in [-0.2, 0) is 9.53 Å². The molecule has 1 rings (SSSR count). The first-order valence-electron chi connectivity index (χ1n) is 4.34. The molecule has 68 valence electrons. The molecule has 3 heteroatoms. The molecule has 0 aliphatic heterocycles. The molecule has 0 aromatic heterocycles. The number of nitrogens with two attached hydrogens (primary N) is 1. The molecular weight excluding hydrogens is 154 g/mol. The van der Waals surface area contributed by atoms with Crippen molar-refractivity contribution in [3.8, 4) is 0 Å². The molecule has 2 atom stereocenters. The normalized spacial score (nSPS) is 28.5. The van der Waals surface area contributed by atoms with Crippen LogP contribution in [0.2, 0.25) is 0 Å². The smallest absolute Gasteiger partial charge is 0.310 e. The van der Waals surface area contributed by atoms with Crippen LogP contribution in [0.25, 0.3) is 0 Å². The van der Waals surface area contributed by atoms with Gasteiger partial charge < -0.3 is 10.5 Å². The molecule has 1 aliphatic rings. The Balaban J connectivity index is 2.50. The SMILES string of the molecule is CCOC(=O)[C@H]1CCC=C[C@H]1N. The Labute approximate surface area is 72.6 Å². The van der Waals surface area contributed by atoms with Crippen molar-refractivity contribution in [2.24, 2.45) is 11.7 Å². The van der Waals surface area contributed by atoms with Crippen LogP contribution < -0.4 is 5.73 Å². The van der Waals surface area contributed by atoms with E-state index in [1.165, 1.54) is 0 Å². The molecule has 0 aromatic rings. The van der Waals surface area contributed by atoms with Gasteiger partial charge in [0.2, 0.25) is 0 Å². The molecule has 0 unspecified atom stereocenters. The molecular formula is C9H15NO2. The maximum atomic E-state index is 11.3. The van der Waals surface area contributed by atoms with Crippen LogP contribution in [0, 0.1) is 5.92 Å². The number of ether oxygens (including phenoxy) is 1. The van der Waals surface area contributed by atoms with Gasteiger partial charge in [-0.2, -0.15) is 0 Å². The summed E-state index contributed by atoms with van der Waals surface area (Å²) in [5, 5.41) is 0. The van der Waals surface area contributed by atoms with E-state index in [0.29, 0.717) is 6.61 Å². The quantitative estimate of drug-likeness (QED) is 0.492. The van der Waals surface area contributed by atoms with Crippen LogP contribution in [-0.4, -0.2) is 18.6 Å². The number of allylic oxidation sites excluding steroid dienone is 1. The number of hydrogen-bond acceptors (Lipinski definition) is 3. The van der Waals surface area contributed by atoms with Gasteiger partial charge in [0.1, 0.15) is 0 Å². The second kappa shape index (κ2) is 4.26. The highest BCUT2D eigenvalue weighted by atomic mass is 16.5. The first-order valence-corrected chi connectivity index (χ1v) is 4.34. The molecule has 0 aromatic carbocycles. The summed E-state index contributed by atoms with van der Waals surface area (Å²) < 4.78 is 4.90. The molecule has 0 saturated heterocycles. The number of esters is 1. The lowest BCUT2D eigenvalue weighted by Gasteiger charge is -2.22.